The van der Waals surface area contributed by atoms with Crippen LogP contribution in [0.5, 0.6) is 0 Å². The highest BCUT2D eigenvalue weighted by molar-refractivity contribution is 7.91. The average molecular weight is 310 g/mol. The fourth-order valence-corrected chi connectivity index (χ4v) is 5.74. The molecule has 2 fully saturated rings. The first-order valence-electron chi connectivity index (χ1n) is 6.62. The normalized spacial score (nSPS) is 27.1. The molecule has 0 saturated carbocycles. The molecule has 0 amide bonds. The van der Waals surface area contributed by atoms with Crippen molar-refractivity contribution in [3.8, 4) is 0 Å². The van der Waals surface area contributed by atoms with Crippen molar-refractivity contribution in [2.75, 3.05) is 43.9 Å². The summed E-state index contributed by atoms with van der Waals surface area (Å²) in [6.07, 6.45) is 2.73. The van der Waals surface area contributed by atoms with E-state index in [1.54, 1.807) is 0 Å². The van der Waals surface area contributed by atoms with Crippen molar-refractivity contribution in [3.05, 3.63) is 0 Å². The van der Waals surface area contributed by atoms with Gasteiger partial charge in [0.05, 0.1) is 17.8 Å². The van der Waals surface area contributed by atoms with Crippen molar-refractivity contribution < 1.29 is 16.8 Å². The minimum Gasteiger partial charge on any atom is -0.316 e. The van der Waals surface area contributed by atoms with Gasteiger partial charge in [-0.1, -0.05) is 0 Å². The Labute approximate surface area is 115 Å². The molecule has 1 unspecified atom stereocenters. The first kappa shape index (κ1) is 15.2. The third kappa shape index (κ3) is 4.40. The highest BCUT2D eigenvalue weighted by Crippen LogP contribution is 2.21. The molecule has 0 aromatic rings. The van der Waals surface area contributed by atoms with Crippen LogP contribution in [0, 0.1) is 11.8 Å². The molecule has 2 aliphatic rings. The molecule has 2 heterocycles. The molecule has 0 bridgehead atoms. The van der Waals surface area contributed by atoms with Gasteiger partial charge in [-0.3, -0.25) is 0 Å². The van der Waals surface area contributed by atoms with E-state index in [0.29, 0.717) is 13.1 Å². The molecule has 19 heavy (non-hydrogen) atoms. The molecule has 0 aliphatic carbocycles. The van der Waals surface area contributed by atoms with Gasteiger partial charge in [-0.05, 0) is 24.7 Å². The summed E-state index contributed by atoms with van der Waals surface area (Å²) in [6, 6.07) is 0. The summed E-state index contributed by atoms with van der Waals surface area (Å²) in [5.41, 5.74) is 0. The number of hydrogen-bond acceptors (Lipinski definition) is 5. The average Bonchev–Trinajstić information content (AvgIpc) is 2.22. The van der Waals surface area contributed by atoms with Gasteiger partial charge in [0.25, 0.3) is 0 Å². The van der Waals surface area contributed by atoms with Crippen molar-refractivity contribution in [3.63, 3.8) is 0 Å². The molecular formula is C11H22N2O4S2. The molecule has 0 spiro atoms. The van der Waals surface area contributed by atoms with E-state index in [4.69, 9.17) is 0 Å². The van der Waals surface area contributed by atoms with E-state index in [2.05, 4.69) is 5.32 Å². The van der Waals surface area contributed by atoms with E-state index in [0.717, 1.165) is 25.9 Å². The van der Waals surface area contributed by atoms with Crippen LogP contribution < -0.4 is 5.32 Å². The summed E-state index contributed by atoms with van der Waals surface area (Å²) in [5.74, 6) is 0.534. The van der Waals surface area contributed by atoms with Gasteiger partial charge in [-0.2, -0.15) is 0 Å². The van der Waals surface area contributed by atoms with Crippen molar-refractivity contribution in [1.82, 2.24) is 9.62 Å². The number of nitrogens with one attached hydrogen (secondary N) is 1. The van der Waals surface area contributed by atoms with Crippen molar-refractivity contribution in [2.24, 2.45) is 11.8 Å². The van der Waals surface area contributed by atoms with Gasteiger partial charge in [-0.15, -0.1) is 0 Å². The molecule has 112 valence electrons. The number of nitrogens with zero attached hydrogens (tertiary/aromatic N) is 1. The maximum atomic E-state index is 12.1. The number of hydrogen-bond donors (Lipinski definition) is 1. The third-order valence-corrected chi connectivity index (χ3v) is 7.02. The minimum absolute atomic E-state index is 0.0542. The Morgan fingerprint density at radius 1 is 1.11 bits per heavy atom. The molecule has 1 N–H and O–H groups in total. The van der Waals surface area contributed by atoms with Gasteiger partial charge in [0.2, 0.25) is 10.0 Å². The molecule has 0 radical (unpaired) electrons. The molecule has 2 saturated heterocycles. The Bertz CT molecular complexity index is 511. The Morgan fingerprint density at radius 3 is 2.26 bits per heavy atom. The van der Waals surface area contributed by atoms with Crippen LogP contribution in [0.4, 0.5) is 0 Å². The first-order valence-corrected chi connectivity index (χ1v) is 10.3. The zero-order valence-corrected chi connectivity index (χ0v) is 12.8. The maximum Gasteiger partial charge on any atom is 0.211 e. The van der Waals surface area contributed by atoms with Gasteiger partial charge < -0.3 is 5.32 Å². The highest BCUT2D eigenvalue weighted by Gasteiger charge is 2.31. The molecule has 0 aromatic carbocycles. The van der Waals surface area contributed by atoms with Crippen LogP contribution in [0.2, 0.25) is 0 Å². The molecule has 1 atom stereocenters. The second kappa shape index (κ2) is 5.67. The fourth-order valence-electron chi connectivity index (χ4n) is 2.72. The van der Waals surface area contributed by atoms with Crippen LogP contribution in [0.3, 0.4) is 0 Å². The lowest BCUT2D eigenvalue weighted by Gasteiger charge is -2.32. The van der Waals surface area contributed by atoms with Crippen LogP contribution in [0.1, 0.15) is 12.8 Å². The van der Waals surface area contributed by atoms with Crippen molar-refractivity contribution >= 4 is 19.9 Å². The van der Waals surface area contributed by atoms with Crippen LogP contribution >= 0.6 is 0 Å². The summed E-state index contributed by atoms with van der Waals surface area (Å²) >= 11 is 0. The number of rotatable bonds is 5. The van der Waals surface area contributed by atoms with E-state index in [1.165, 1.54) is 10.6 Å². The standard InChI is InChI=1S/C11H22N2O4S2/c1-18(14,15)13-4-2-3-10(7-13)8-19(16,17)9-11-5-12-6-11/h10-12H,2-9H2,1H3. The summed E-state index contributed by atoms with van der Waals surface area (Å²) in [6.45, 7) is 2.42. The largest absolute Gasteiger partial charge is 0.316 e. The van der Waals surface area contributed by atoms with Crippen LogP contribution in [-0.4, -0.2) is 65.1 Å². The summed E-state index contributed by atoms with van der Waals surface area (Å²) < 4.78 is 48.5. The maximum absolute atomic E-state index is 12.1. The lowest BCUT2D eigenvalue weighted by Crippen LogP contribution is -2.47. The third-order valence-electron chi connectivity index (χ3n) is 3.80. The smallest absolute Gasteiger partial charge is 0.211 e. The predicted octanol–water partition coefficient (Wildman–Crippen LogP) is -0.708. The highest BCUT2D eigenvalue weighted by atomic mass is 32.2. The van der Waals surface area contributed by atoms with Gasteiger partial charge >= 0.3 is 0 Å². The second-order valence-corrected chi connectivity index (χ2v) is 9.87. The molecule has 0 aromatic heterocycles. The number of piperidine rings is 1. The predicted molar refractivity (Wildman–Crippen MR) is 74.2 cm³/mol. The number of sulfone groups is 1. The summed E-state index contributed by atoms with van der Waals surface area (Å²) in [7, 11) is -6.27. The van der Waals surface area contributed by atoms with Gasteiger partial charge in [0.15, 0.2) is 9.84 Å². The quantitative estimate of drug-likeness (QED) is 0.725. The van der Waals surface area contributed by atoms with Crippen molar-refractivity contribution in [2.45, 2.75) is 12.8 Å². The van der Waals surface area contributed by atoms with Crippen LogP contribution in [0.15, 0.2) is 0 Å². The fraction of sp³-hybridized carbons (Fsp3) is 1.00. The summed E-state index contributed by atoms with van der Waals surface area (Å²) in [4.78, 5) is 0. The summed E-state index contributed by atoms with van der Waals surface area (Å²) in [5, 5.41) is 3.06. The topological polar surface area (TPSA) is 83.6 Å². The molecule has 8 heteroatoms. The Kier molecular flexibility index (Phi) is 4.54. The SMILES string of the molecule is CS(=O)(=O)N1CCCC(CS(=O)(=O)CC2CNC2)C1. The second-order valence-electron chi connectivity index (χ2n) is 5.73. The number of sulfonamides is 1. The van der Waals surface area contributed by atoms with Crippen molar-refractivity contribution in [1.29, 1.82) is 0 Å². The zero-order valence-electron chi connectivity index (χ0n) is 11.2. The van der Waals surface area contributed by atoms with Gasteiger partial charge in [0, 0.05) is 26.2 Å². The minimum atomic E-state index is -3.20. The zero-order chi connectivity index (χ0) is 14.1. The van der Waals surface area contributed by atoms with E-state index >= 15 is 0 Å². The monoisotopic (exact) mass is 310 g/mol. The Morgan fingerprint density at radius 2 is 1.74 bits per heavy atom. The van der Waals surface area contributed by atoms with E-state index in [1.807, 2.05) is 0 Å². The molecular weight excluding hydrogens is 288 g/mol. The first-order chi connectivity index (χ1) is 8.76. The lowest BCUT2D eigenvalue weighted by molar-refractivity contribution is 0.283. The van der Waals surface area contributed by atoms with Gasteiger partial charge in [-0.25, -0.2) is 21.1 Å². The Hall–Kier alpha value is -0.180. The molecule has 2 rings (SSSR count). The van der Waals surface area contributed by atoms with Gasteiger partial charge in [0.1, 0.15) is 0 Å². The molecule has 2 aliphatic heterocycles. The van der Waals surface area contributed by atoms with Crippen LogP contribution in [-0.2, 0) is 19.9 Å². The van der Waals surface area contributed by atoms with E-state index in [9.17, 15) is 16.8 Å². The van der Waals surface area contributed by atoms with E-state index < -0.39 is 19.9 Å². The lowest BCUT2D eigenvalue weighted by atomic mass is 10.0. The van der Waals surface area contributed by atoms with E-state index in [-0.39, 0.29) is 23.3 Å². The Balaban J connectivity index is 1.91. The molecule has 6 nitrogen and oxygen atoms in total. The van der Waals surface area contributed by atoms with Crippen LogP contribution in [0.25, 0.3) is 0 Å².